The number of carbonyl (C=O) groups is 1. The van der Waals surface area contributed by atoms with Gasteiger partial charge in [0.2, 0.25) is 5.91 Å². The maximum atomic E-state index is 12.9. The first-order valence-corrected chi connectivity index (χ1v) is 9.33. The van der Waals surface area contributed by atoms with E-state index in [-0.39, 0.29) is 17.8 Å². The molecule has 4 nitrogen and oxygen atoms in total. The van der Waals surface area contributed by atoms with Crippen LogP contribution in [-0.2, 0) is 22.5 Å². The molecular formula is C22H27NO3. The molecular weight excluding hydrogens is 326 g/mol. The normalized spacial score (nSPS) is 16.6. The van der Waals surface area contributed by atoms with E-state index in [2.05, 4.69) is 31.2 Å². The van der Waals surface area contributed by atoms with Crippen molar-refractivity contribution in [2.75, 3.05) is 13.2 Å². The van der Waals surface area contributed by atoms with Crippen molar-refractivity contribution in [1.29, 1.82) is 0 Å². The van der Waals surface area contributed by atoms with Gasteiger partial charge in [0.25, 0.3) is 0 Å². The van der Waals surface area contributed by atoms with Crippen LogP contribution >= 0.6 is 0 Å². The largest absolute Gasteiger partial charge is 0.508 e. The van der Waals surface area contributed by atoms with Gasteiger partial charge in [-0.05, 0) is 37.8 Å². The number of phenolic OH excluding ortho intramolecular Hbond substituents is 1. The molecule has 138 valence electrons. The average Bonchev–Trinajstić information content (AvgIpc) is 3.15. The van der Waals surface area contributed by atoms with Gasteiger partial charge in [-0.3, -0.25) is 4.79 Å². The molecule has 1 N–H and O–H groups in total. The summed E-state index contributed by atoms with van der Waals surface area (Å²) in [6.45, 7) is 3.83. The van der Waals surface area contributed by atoms with Crippen molar-refractivity contribution < 1.29 is 14.6 Å². The van der Waals surface area contributed by atoms with Crippen molar-refractivity contribution in [1.82, 2.24) is 4.90 Å². The zero-order valence-electron chi connectivity index (χ0n) is 15.4. The number of hydrogen-bond donors (Lipinski definition) is 1. The molecule has 1 aliphatic rings. The molecule has 1 aliphatic heterocycles. The number of carbonyl (C=O) groups excluding carboxylic acids is 1. The third kappa shape index (κ3) is 5.09. The van der Waals surface area contributed by atoms with E-state index < -0.39 is 0 Å². The van der Waals surface area contributed by atoms with Crippen molar-refractivity contribution in [3.8, 4) is 5.75 Å². The zero-order chi connectivity index (χ0) is 18.4. The Morgan fingerprint density at radius 3 is 2.65 bits per heavy atom. The van der Waals surface area contributed by atoms with Gasteiger partial charge in [0.1, 0.15) is 5.75 Å². The summed E-state index contributed by atoms with van der Waals surface area (Å²) in [5, 5.41) is 10.1. The number of phenols is 1. The number of hydrogen-bond acceptors (Lipinski definition) is 3. The molecule has 26 heavy (non-hydrogen) atoms. The maximum Gasteiger partial charge on any atom is 0.223 e. The lowest BCUT2D eigenvalue weighted by Crippen LogP contribution is -2.37. The van der Waals surface area contributed by atoms with Gasteiger partial charge in [-0.25, -0.2) is 0 Å². The zero-order valence-corrected chi connectivity index (χ0v) is 15.4. The van der Waals surface area contributed by atoms with E-state index in [1.807, 2.05) is 17.0 Å². The van der Waals surface area contributed by atoms with Gasteiger partial charge in [-0.1, -0.05) is 48.0 Å². The number of aromatic hydroxyl groups is 1. The lowest BCUT2D eigenvalue weighted by Gasteiger charge is -2.26. The molecule has 1 fully saturated rings. The minimum absolute atomic E-state index is 0.101. The van der Waals surface area contributed by atoms with Crippen LogP contribution in [0.3, 0.4) is 0 Å². The van der Waals surface area contributed by atoms with Crippen LogP contribution in [-0.4, -0.2) is 35.2 Å². The Kier molecular flexibility index (Phi) is 6.29. The highest BCUT2D eigenvalue weighted by molar-refractivity contribution is 5.76. The van der Waals surface area contributed by atoms with E-state index in [0.717, 1.165) is 31.4 Å². The molecule has 0 radical (unpaired) electrons. The van der Waals surface area contributed by atoms with Crippen LogP contribution in [0.2, 0.25) is 0 Å². The Morgan fingerprint density at radius 2 is 1.96 bits per heavy atom. The third-order valence-electron chi connectivity index (χ3n) is 4.90. The van der Waals surface area contributed by atoms with Crippen molar-refractivity contribution in [2.24, 2.45) is 0 Å². The molecule has 4 heteroatoms. The van der Waals surface area contributed by atoms with Crippen LogP contribution in [0.15, 0.2) is 48.5 Å². The number of aryl methyl sites for hydroxylation is 2. The topological polar surface area (TPSA) is 49.8 Å². The molecule has 1 heterocycles. The predicted molar refractivity (Wildman–Crippen MR) is 102 cm³/mol. The van der Waals surface area contributed by atoms with Gasteiger partial charge in [0.15, 0.2) is 0 Å². The van der Waals surface area contributed by atoms with E-state index in [9.17, 15) is 9.90 Å². The minimum Gasteiger partial charge on any atom is -0.508 e. The lowest BCUT2D eigenvalue weighted by atomic mass is 10.1. The molecule has 1 amide bonds. The van der Waals surface area contributed by atoms with Gasteiger partial charge in [0.05, 0.1) is 6.10 Å². The van der Waals surface area contributed by atoms with Gasteiger partial charge < -0.3 is 14.7 Å². The summed E-state index contributed by atoms with van der Waals surface area (Å²) in [5.74, 6) is 0.334. The number of ether oxygens (including phenoxy) is 1. The summed E-state index contributed by atoms with van der Waals surface area (Å²) < 4.78 is 5.72. The van der Waals surface area contributed by atoms with E-state index in [0.29, 0.717) is 19.5 Å². The van der Waals surface area contributed by atoms with Crippen molar-refractivity contribution in [3.05, 3.63) is 65.2 Å². The minimum atomic E-state index is 0.101. The third-order valence-corrected chi connectivity index (χ3v) is 4.90. The van der Waals surface area contributed by atoms with Crippen molar-refractivity contribution in [3.63, 3.8) is 0 Å². The van der Waals surface area contributed by atoms with Crippen LogP contribution in [0, 0.1) is 6.92 Å². The first-order chi connectivity index (χ1) is 12.6. The molecule has 0 saturated carbocycles. The second kappa shape index (κ2) is 8.86. The summed E-state index contributed by atoms with van der Waals surface area (Å²) in [6, 6.07) is 15.5. The summed E-state index contributed by atoms with van der Waals surface area (Å²) in [4.78, 5) is 14.7. The molecule has 0 bridgehead atoms. The summed E-state index contributed by atoms with van der Waals surface area (Å²) >= 11 is 0. The van der Waals surface area contributed by atoms with Crippen LogP contribution in [0.1, 0.15) is 36.0 Å². The molecule has 3 rings (SSSR count). The Morgan fingerprint density at radius 1 is 1.19 bits per heavy atom. The van der Waals surface area contributed by atoms with E-state index >= 15 is 0 Å². The van der Waals surface area contributed by atoms with Crippen LogP contribution in [0.5, 0.6) is 5.75 Å². The Hall–Kier alpha value is -2.33. The van der Waals surface area contributed by atoms with Crippen LogP contribution < -0.4 is 0 Å². The van der Waals surface area contributed by atoms with Gasteiger partial charge in [-0.15, -0.1) is 0 Å². The number of para-hydroxylation sites is 1. The van der Waals surface area contributed by atoms with E-state index in [1.54, 1.807) is 12.1 Å². The van der Waals surface area contributed by atoms with Gasteiger partial charge >= 0.3 is 0 Å². The van der Waals surface area contributed by atoms with Crippen molar-refractivity contribution >= 4 is 5.91 Å². The first kappa shape index (κ1) is 18.5. The van der Waals surface area contributed by atoms with E-state index in [4.69, 9.17) is 4.74 Å². The quantitative estimate of drug-likeness (QED) is 0.823. The molecule has 2 aromatic carbocycles. The number of nitrogens with zero attached hydrogens (tertiary/aromatic N) is 1. The van der Waals surface area contributed by atoms with E-state index in [1.165, 1.54) is 11.1 Å². The van der Waals surface area contributed by atoms with Gasteiger partial charge in [0, 0.05) is 31.7 Å². The molecule has 1 atom stereocenters. The fourth-order valence-corrected chi connectivity index (χ4v) is 3.30. The monoisotopic (exact) mass is 353 g/mol. The molecule has 2 aromatic rings. The first-order valence-electron chi connectivity index (χ1n) is 9.33. The number of amides is 1. The Labute approximate surface area is 155 Å². The molecule has 0 aromatic heterocycles. The summed E-state index contributed by atoms with van der Waals surface area (Å²) in [5.41, 5.74) is 3.16. The number of benzene rings is 2. The Balaban J connectivity index is 1.65. The van der Waals surface area contributed by atoms with Crippen LogP contribution in [0.4, 0.5) is 0 Å². The fraction of sp³-hybridized carbons (Fsp3) is 0.409. The second-order valence-electron chi connectivity index (χ2n) is 7.02. The fourth-order valence-electron chi connectivity index (χ4n) is 3.30. The summed E-state index contributed by atoms with van der Waals surface area (Å²) in [7, 11) is 0. The summed E-state index contributed by atoms with van der Waals surface area (Å²) in [6.07, 6.45) is 3.32. The molecule has 1 unspecified atom stereocenters. The van der Waals surface area contributed by atoms with Crippen molar-refractivity contribution in [2.45, 2.75) is 45.3 Å². The highest BCUT2D eigenvalue weighted by Gasteiger charge is 2.23. The smallest absolute Gasteiger partial charge is 0.223 e. The Bertz CT molecular complexity index is 720. The molecule has 0 spiro atoms. The highest BCUT2D eigenvalue weighted by atomic mass is 16.5. The second-order valence-corrected chi connectivity index (χ2v) is 7.02. The highest BCUT2D eigenvalue weighted by Crippen LogP contribution is 2.21. The van der Waals surface area contributed by atoms with Crippen LogP contribution in [0.25, 0.3) is 0 Å². The predicted octanol–water partition coefficient (Wildman–Crippen LogP) is 3.84. The standard InChI is InChI=1S/C22H27NO3/c1-17-8-10-18(11-9-17)12-13-22(25)23(16-20-6-4-14-26-20)15-19-5-2-3-7-21(19)24/h2-3,5,7-11,20,24H,4,6,12-16H2,1H3. The maximum absolute atomic E-state index is 12.9. The molecule has 1 saturated heterocycles. The van der Waals surface area contributed by atoms with Gasteiger partial charge in [-0.2, -0.15) is 0 Å². The average molecular weight is 353 g/mol. The number of rotatable bonds is 7. The SMILES string of the molecule is Cc1ccc(CCC(=O)N(Cc2ccccc2O)CC2CCCO2)cc1. The molecule has 0 aliphatic carbocycles. The lowest BCUT2D eigenvalue weighted by molar-refractivity contribution is -0.133.